The lowest BCUT2D eigenvalue weighted by atomic mass is 10.0. The lowest BCUT2D eigenvalue weighted by molar-refractivity contribution is -0.121. The molecule has 0 aromatic heterocycles. The average molecular weight is 262 g/mol. The lowest BCUT2D eigenvalue weighted by Gasteiger charge is -2.13. The second kappa shape index (κ2) is 5.74. The minimum Gasteiger partial charge on any atom is -0.356 e. The van der Waals surface area contributed by atoms with Crippen LogP contribution in [0.1, 0.15) is 45.4 Å². The molecule has 1 N–H and O–H groups in total. The molecule has 1 saturated carbocycles. The molecule has 0 aliphatic heterocycles. The fraction of sp³-hybridized carbons (Fsp3) is 0.909. The number of halogens is 1. The van der Waals surface area contributed by atoms with E-state index in [1.807, 2.05) is 0 Å². The standard InChI is InChI=1S/C11H20BrNO/c1-2-11(6-7-11)9-13-10(14)5-3-4-8-12/h2-9H2,1H3,(H,13,14). The Balaban J connectivity index is 2.03. The van der Waals surface area contributed by atoms with Crippen LogP contribution in [0.3, 0.4) is 0 Å². The van der Waals surface area contributed by atoms with E-state index in [1.165, 1.54) is 19.3 Å². The van der Waals surface area contributed by atoms with Gasteiger partial charge in [-0.15, -0.1) is 0 Å². The molecule has 0 aromatic carbocycles. The molecule has 3 heteroatoms. The maximum Gasteiger partial charge on any atom is 0.220 e. The summed E-state index contributed by atoms with van der Waals surface area (Å²) in [5.41, 5.74) is 0.477. The molecule has 1 aliphatic carbocycles. The maximum absolute atomic E-state index is 11.4. The van der Waals surface area contributed by atoms with E-state index in [-0.39, 0.29) is 5.91 Å². The van der Waals surface area contributed by atoms with Crippen LogP contribution in [0.2, 0.25) is 0 Å². The Bertz CT molecular complexity index is 190. The van der Waals surface area contributed by atoms with Gasteiger partial charge in [-0.1, -0.05) is 22.9 Å². The van der Waals surface area contributed by atoms with Crippen LogP contribution in [0.4, 0.5) is 0 Å². The minimum atomic E-state index is 0.227. The quantitative estimate of drug-likeness (QED) is 0.554. The van der Waals surface area contributed by atoms with Crippen molar-refractivity contribution in [2.75, 3.05) is 11.9 Å². The summed E-state index contributed by atoms with van der Waals surface area (Å²) in [5.74, 6) is 0.227. The van der Waals surface area contributed by atoms with Gasteiger partial charge in [-0.25, -0.2) is 0 Å². The molecule has 1 aliphatic rings. The topological polar surface area (TPSA) is 29.1 Å². The highest BCUT2D eigenvalue weighted by atomic mass is 79.9. The molecule has 0 spiro atoms. The van der Waals surface area contributed by atoms with Crippen molar-refractivity contribution in [2.24, 2.45) is 5.41 Å². The minimum absolute atomic E-state index is 0.227. The van der Waals surface area contributed by atoms with Gasteiger partial charge < -0.3 is 5.32 Å². The van der Waals surface area contributed by atoms with Crippen molar-refractivity contribution >= 4 is 21.8 Å². The zero-order valence-electron chi connectivity index (χ0n) is 8.94. The SMILES string of the molecule is CCC1(CNC(=O)CCCCBr)CC1. The number of carbonyl (C=O) groups excluding carboxylic acids is 1. The number of carbonyl (C=O) groups is 1. The van der Waals surface area contributed by atoms with Crippen LogP contribution in [0, 0.1) is 5.41 Å². The number of hydrogen-bond acceptors (Lipinski definition) is 1. The molecule has 0 radical (unpaired) electrons. The van der Waals surface area contributed by atoms with Gasteiger partial charge in [-0.05, 0) is 37.5 Å². The largest absolute Gasteiger partial charge is 0.356 e. The second-order valence-electron chi connectivity index (χ2n) is 4.28. The van der Waals surface area contributed by atoms with Crippen molar-refractivity contribution in [1.29, 1.82) is 0 Å². The highest BCUT2D eigenvalue weighted by Crippen LogP contribution is 2.47. The number of rotatable bonds is 7. The van der Waals surface area contributed by atoms with Crippen LogP contribution in [0.5, 0.6) is 0 Å². The second-order valence-corrected chi connectivity index (χ2v) is 5.07. The average Bonchev–Trinajstić information content (AvgIpc) is 2.96. The third-order valence-electron chi connectivity index (χ3n) is 3.16. The summed E-state index contributed by atoms with van der Waals surface area (Å²) >= 11 is 3.36. The molecule has 82 valence electrons. The van der Waals surface area contributed by atoms with E-state index in [2.05, 4.69) is 28.2 Å². The number of unbranched alkanes of at least 4 members (excludes halogenated alkanes) is 1. The zero-order valence-corrected chi connectivity index (χ0v) is 10.5. The molecule has 1 amide bonds. The van der Waals surface area contributed by atoms with Gasteiger partial charge in [0.1, 0.15) is 0 Å². The summed E-state index contributed by atoms with van der Waals surface area (Å²) in [5, 5.41) is 4.04. The van der Waals surface area contributed by atoms with Crippen LogP contribution in [0.25, 0.3) is 0 Å². The summed E-state index contributed by atoms with van der Waals surface area (Å²) in [4.78, 5) is 11.4. The number of hydrogen-bond donors (Lipinski definition) is 1. The number of amides is 1. The van der Waals surface area contributed by atoms with E-state index >= 15 is 0 Å². The van der Waals surface area contributed by atoms with Crippen molar-refractivity contribution in [1.82, 2.24) is 5.32 Å². The van der Waals surface area contributed by atoms with Crippen LogP contribution in [-0.2, 0) is 4.79 Å². The van der Waals surface area contributed by atoms with E-state index in [1.54, 1.807) is 0 Å². The van der Waals surface area contributed by atoms with Crippen LogP contribution in [0.15, 0.2) is 0 Å². The molecule has 0 heterocycles. The fourth-order valence-electron chi connectivity index (χ4n) is 1.59. The van der Waals surface area contributed by atoms with Gasteiger partial charge >= 0.3 is 0 Å². The lowest BCUT2D eigenvalue weighted by Crippen LogP contribution is -2.29. The van der Waals surface area contributed by atoms with Crippen molar-refractivity contribution in [3.63, 3.8) is 0 Å². The van der Waals surface area contributed by atoms with Gasteiger partial charge in [0.05, 0.1) is 0 Å². The van der Waals surface area contributed by atoms with Crippen molar-refractivity contribution in [2.45, 2.75) is 45.4 Å². The first kappa shape index (κ1) is 12.0. The summed E-state index contributed by atoms with van der Waals surface area (Å²) < 4.78 is 0. The van der Waals surface area contributed by atoms with Crippen molar-refractivity contribution in [3.05, 3.63) is 0 Å². The van der Waals surface area contributed by atoms with Gasteiger partial charge in [0.2, 0.25) is 5.91 Å². The predicted octanol–water partition coefficient (Wildman–Crippen LogP) is 2.86. The number of alkyl halides is 1. The van der Waals surface area contributed by atoms with Crippen molar-refractivity contribution in [3.8, 4) is 0 Å². The Morgan fingerprint density at radius 1 is 1.43 bits per heavy atom. The Kier molecular flexibility index (Phi) is 4.93. The van der Waals surface area contributed by atoms with E-state index in [4.69, 9.17) is 0 Å². The molecule has 0 bridgehead atoms. The van der Waals surface area contributed by atoms with Gasteiger partial charge in [-0.3, -0.25) is 4.79 Å². The Morgan fingerprint density at radius 3 is 2.64 bits per heavy atom. The zero-order chi connectivity index (χ0) is 10.4. The number of nitrogens with one attached hydrogen (secondary N) is 1. The first-order chi connectivity index (χ1) is 6.72. The first-order valence-corrected chi connectivity index (χ1v) is 6.67. The predicted molar refractivity (Wildman–Crippen MR) is 62.6 cm³/mol. The third kappa shape index (κ3) is 3.99. The molecule has 0 saturated heterocycles. The summed E-state index contributed by atoms with van der Waals surface area (Å²) in [6, 6.07) is 0. The molecule has 0 unspecified atom stereocenters. The monoisotopic (exact) mass is 261 g/mol. The summed E-state index contributed by atoms with van der Waals surface area (Å²) in [6.45, 7) is 3.11. The van der Waals surface area contributed by atoms with Crippen LogP contribution in [-0.4, -0.2) is 17.8 Å². The molecular formula is C11H20BrNO. The van der Waals surface area contributed by atoms with Crippen molar-refractivity contribution < 1.29 is 4.79 Å². The van der Waals surface area contributed by atoms with Gasteiger partial charge in [0.15, 0.2) is 0 Å². The smallest absolute Gasteiger partial charge is 0.220 e. The molecule has 14 heavy (non-hydrogen) atoms. The van der Waals surface area contributed by atoms with Gasteiger partial charge in [0.25, 0.3) is 0 Å². The highest BCUT2D eigenvalue weighted by molar-refractivity contribution is 9.09. The Hall–Kier alpha value is -0.0500. The van der Waals surface area contributed by atoms with E-state index < -0.39 is 0 Å². The Morgan fingerprint density at radius 2 is 2.14 bits per heavy atom. The molecule has 0 atom stereocenters. The van der Waals surface area contributed by atoms with E-state index in [0.717, 1.165) is 24.7 Å². The normalized spacial score (nSPS) is 17.9. The van der Waals surface area contributed by atoms with Gasteiger partial charge in [-0.2, -0.15) is 0 Å². The van der Waals surface area contributed by atoms with E-state index in [0.29, 0.717) is 11.8 Å². The third-order valence-corrected chi connectivity index (χ3v) is 3.72. The molecule has 2 nitrogen and oxygen atoms in total. The first-order valence-electron chi connectivity index (χ1n) is 5.55. The molecule has 0 aromatic rings. The molecule has 1 fully saturated rings. The van der Waals surface area contributed by atoms with Gasteiger partial charge in [0, 0.05) is 18.3 Å². The summed E-state index contributed by atoms with van der Waals surface area (Å²) in [6.07, 6.45) is 6.57. The Labute approximate surface area is 95.0 Å². The van der Waals surface area contributed by atoms with E-state index in [9.17, 15) is 4.79 Å². The highest BCUT2D eigenvalue weighted by Gasteiger charge is 2.40. The molecule has 1 rings (SSSR count). The summed E-state index contributed by atoms with van der Waals surface area (Å²) in [7, 11) is 0. The fourth-order valence-corrected chi connectivity index (χ4v) is 1.98. The maximum atomic E-state index is 11.4. The van der Waals surface area contributed by atoms with Crippen LogP contribution >= 0.6 is 15.9 Å². The van der Waals surface area contributed by atoms with Crippen LogP contribution < -0.4 is 5.32 Å². The molecular weight excluding hydrogens is 242 g/mol.